The molecule has 250 valence electrons. The highest BCUT2D eigenvalue weighted by molar-refractivity contribution is 6.76. The second-order valence-corrected chi connectivity index (χ2v) is 19.9. The van der Waals surface area contributed by atoms with E-state index in [2.05, 4.69) is 19.6 Å². The van der Waals surface area contributed by atoms with Crippen LogP contribution in [0.2, 0.25) is 35.7 Å². The minimum absolute atomic E-state index is 0.0181. The molecule has 2 heterocycles. The van der Waals surface area contributed by atoms with E-state index in [1.54, 1.807) is 55.5 Å². The molecule has 47 heavy (non-hydrogen) atoms. The number of hydrogen-bond acceptors (Lipinski definition) is 6. The number of benzene rings is 3. The van der Waals surface area contributed by atoms with Crippen LogP contribution >= 0.6 is 23.2 Å². The first-order chi connectivity index (χ1) is 22.3. The zero-order valence-electron chi connectivity index (χ0n) is 27.3. The summed E-state index contributed by atoms with van der Waals surface area (Å²) in [6.07, 6.45) is 1.03. The van der Waals surface area contributed by atoms with Crippen molar-refractivity contribution in [3.05, 3.63) is 104 Å². The summed E-state index contributed by atoms with van der Waals surface area (Å²) < 4.78 is 34.1. The molecule has 3 atom stereocenters. The van der Waals surface area contributed by atoms with Crippen molar-refractivity contribution >= 4 is 48.9 Å². The average Bonchev–Trinajstić information content (AvgIpc) is 3.30. The van der Waals surface area contributed by atoms with Gasteiger partial charge in [0.1, 0.15) is 5.82 Å². The zero-order valence-corrected chi connectivity index (χ0v) is 29.8. The normalized spacial score (nSPS) is 19.7. The number of ether oxygens (including phenoxy) is 3. The Labute approximate surface area is 286 Å². The van der Waals surface area contributed by atoms with E-state index in [1.165, 1.54) is 24.1 Å². The van der Waals surface area contributed by atoms with Crippen molar-refractivity contribution in [1.29, 1.82) is 0 Å². The number of amides is 1. The van der Waals surface area contributed by atoms with E-state index < -0.39 is 43.5 Å². The van der Waals surface area contributed by atoms with Gasteiger partial charge >= 0.3 is 5.97 Å². The van der Waals surface area contributed by atoms with Crippen LogP contribution in [0.1, 0.15) is 63.2 Å². The third-order valence-corrected chi connectivity index (χ3v) is 11.3. The highest BCUT2D eigenvalue weighted by atomic mass is 35.5. The first-order valence-electron chi connectivity index (χ1n) is 15.8. The van der Waals surface area contributed by atoms with Gasteiger partial charge in [0.15, 0.2) is 11.5 Å². The molecule has 11 heteroatoms. The zero-order chi connectivity index (χ0) is 34.1. The van der Waals surface area contributed by atoms with E-state index in [4.69, 9.17) is 37.4 Å². The molecule has 1 amide bonds. The van der Waals surface area contributed by atoms with Crippen LogP contribution in [0.5, 0.6) is 0 Å². The lowest BCUT2D eigenvalue weighted by molar-refractivity contribution is -0.155. The number of Topliss-reactive ketones (excluding diaryl/α,β-unsaturated/α-hetero) is 1. The van der Waals surface area contributed by atoms with Crippen LogP contribution in [0.3, 0.4) is 0 Å². The summed E-state index contributed by atoms with van der Waals surface area (Å²) in [5.41, 5.74) is -0.814. The molecule has 0 spiro atoms. The second-order valence-electron chi connectivity index (χ2n) is 13.4. The fraction of sp³-hybridized carbons (Fsp3) is 0.417. The minimum Gasteiger partial charge on any atom is -0.466 e. The number of hydrogen-bond donors (Lipinski definition) is 0. The standard InChI is InChI=1S/C36H40Cl2FNO6Si/c1-22(35(43)46-18-19-47(3,4)5)32(23-6-10-27(37)11-7-23)40-34(42)29-20-25(33(41)24-14-16-45-17-15-24)21-30(39)31(29)36(40,44-2)26-8-12-28(38)13-9-26/h6-13,20-22,24,32H,14-19H2,1-5H3/t22-,32-,36-/m0/s1. The monoisotopic (exact) mass is 699 g/mol. The summed E-state index contributed by atoms with van der Waals surface area (Å²) in [4.78, 5) is 43.5. The van der Waals surface area contributed by atoms with E-state index in [0.29, 0.717) is 47.2 Å². The third kappa shape index (κ3) is 7.06. The molecule has 3 aromatic rings. The molecule has 2 aliphatic rings. The van der Waals surface area contributed by atoms with Gasteiger partial charge in [0.25, 0.3) is 5.91 Å². The number of carbonyl (C=O) groups excluding carboxylic acids is 3. The third-order valence-electron chi connectivity index (χ3n) is 9.06. The molecule has 0 N–H and O–H groups in total. The van der Waals surface area contributed by atoms with Crippen LogP contribution in [0, 0.1) is 17.7 Å². The number of methoxy groups -OCH3 is 1. The van der Waals surface area contributed by atoms with Gasteiger partial charge in [0, 0.05) is 55.5 Å². The fourth-order valence-corrected chi connectivity index (χ4v) is 7.46. The molecule has 2 aliphatic heterocycles. The molecule has 1 saturated heterocycles. The Morgan fingerprint density at radius 3 is 2.19 bits per heavy atom. The Hall–Kier alpha value is -3.08. The maximum Gasteiger partial charge on any atom is 0.311 e. The molecular weight excluding hydrogens is 660 g/mol. The molecule has 0 aromatic heterocycles. The summed E-state index contributed by atoms with van der Waals surface area (Å²) in [6, 6.07) is 15.8. The smallest absolute Gasteiger partial charge is 0.311 e. The summed E-state index contributed by atoms with van der Waals surface area (Å²) in [7, 11) is -0.121. The first kappa shape index (κ1) is 35.2. The maximum atomic E-state index is 16.7. The molecule has 0 unspecified atom stereocenters. The highest BCUT2D eigenvalue weighted by Gasteiger charge is 2.58. The lowest BCUT2D eigenvalue weighted by Gasteiger charge is -2.44. The molecule has 1 fully saturated rings. The van der Waals surface area contributed by atoms with Gasteiger partial charge in [-0.15, -0.1) is 0 Å². The van der Waals surface area contributed by atoms with Gasteiger partial charge in [0.2, 0.25) is 0 Å². The Balaban J connectivity index is 1.69. The van der Waals surface area contributed by atoms with Gasteiger partial charge in [-0.3, -0.25) is 19.3 Å². The first-order valence-corrected chi connectivity index (χ1v) is 20.3. The number of fused-ring (bicyclic) bond motifs is 1. The highest BCUT2D eigenvalue weighted by Crippen LogP contribution is 2.52. The summed E-state index contributed by atoms with van der Waals surface area (Å²) in [6.45, 7) is 9.38. The average molecular weight is 701 g/mol. The predicted molar refractivity (Wildman–Crippen MR) is 182 cm³/mol. The maximum absolute atomic E-state index is 16.7. The number of carbonyl (C=O) groups is 3. The SMILES string of the molecule is CO[C@@]1(c2ccc(Cl)cc2)c2c(F)cc(C(=O)C3CCOCC3)cc2C(=O)N1[C@H](c1ccc(Cl)cc1)[C@H](C)C(=O)OCC[Si](C)(C)C. The Morgan fingerprint density at radius 2 is 1.62 bits per heavy atom. The molecule has 0 saturated carbocycles. The van der Waals surface area contributed by atoms with Crippen LogP contribution in [0.25, 0.3) is 0 Å². The van der Waals surface area contributed by atoms with Gasteiger partial charge in [-0.2, -0.15) is 0 Å². The van der Waals surface area contributed by atoms with Gasteiger partial charge in [-0.25, -0.2) is 4.39 Å². The summed E-state index contributed by atoms with van der Waals surface area (Å²) >= 11 is 12.5. The van der Waals surface area contributed by atoms with Crippen LogP contribution in [-0.4, -0.2) is 57.6 Å². The van der Waals surface area contributed by atoms with E-state index in [-0.39, 0.29) is 35.0 Å². The molecule has 7 nitrogen and oxygen atoms in total. The van der Waals surface area contributed by atoms with Crippen molar-refractivity contribution in [3.63, 3.8) is 0 Å². The lowest BCUT2D eigenvalue weighted by Crippen LogP contribution is -2.51. The van der Waals surface area contributed by atoms with Gasteiger partial charge < -0.3 is 14.2 Å². The molecule has 0 radical (unpaired) electrons. The number of ketones is 1. The number of esters is 1. The van der Waals surface area contributed by atoms with Gasteiger partial charge in [-0.1, -0.05) is 67.1 Å². The van der Waals surface area contributed by atoms with Crippen LogP contribution in [-0.2, 0) is 24.7 Å². The van der Waals surface area contributed by atoms with Crippen molar-refractivity contribution < 1.29 is 33.0 Å². The van der Waals surface area contributed by atoms with E-state index in [1.807, 2.05) is 0 Å². The van der Waals surface area contributed by atoms with Crippen LogP contribution < -0.4 is 0 Å². The quantitative estimate of drug-likeness (QED) is 0.114. The van der Waals surface area contributed by atoms with E-state index in [9.17, 15) is 14.4 Å². The molecule has 0 bridgehead atoms. The number of rotatable bonds is 11. The predicted octanol–water partition coefficient (Wildman–Crippen LogP) is 8.30. The fourth-order valence-electron chi connectivity index (χ4n) is 6.49. The summed E-state index contributed by atoms with van der Waals surface area (Å²) in [5, 5.41) is 0.898. The Kier molecular flexibility index (Phi) is 10.6. The van der Waals surface area contributed by atoms with Gasteiger partial charge in [-0.05, 0) is 67.8 Å². The van der Waals surface area contributed by atoms with Crippen molar-refractivity contribution in [2.75, 3.05) is 26.9 Å². The van der Waals surface area contributed by atoms with Gasteiger partial charge in [0.05, 0.1) is 29.7 Å². The Morgan fingerprint density at radius 1 is 1.02 bits per heavy atom. The van der Waals surface area contributed by atoms with Crippen LogP contribution in [0.4, 0.5) is 4.39 Å². The molecule has 5 rings (SSSR count). The van der Waals surface area contributed by atoms with Crippen LogP contribution in [0.15, 0.2) is 60.7 Å². The molecule has 0 aliphatic carbocycles. The number of nitrogens with zero attached hydrogens (tertiary/aromatic N) is 1. The van der Waals surface area contributed by atoms with E-state index in [0.717, 1.165) is 6.04 Å². The molecular formula is C36H40Cl2FNO6Si. The molecule has 3 aromatic carbocycles. The van der Waals surface area contributed by atoms with Crippen molar-refractivity contribution in [2.45, 2.75) is 57.2 Å². The Bertz CT molecular complexity index is 1640. The topological polar surface area (TPSA) is 82.1 Å². The largest absolute Gasteiger partial charge is 0.466 e. The van der Waals surface area contributed by atoms with Crippen molar-refractivity contribution in [1.82, 2.24) is 4.90 Å². The second kappa shape index (κ2) is 14.2. The van der Waals surface area contributed by atoms with Crippen molar-refractivity contribution in [3.8, 4) is 0 Å². The van der Waals surface area contributed by atoms with Crippen molar-refractivity contribution in [2.24, 2.45) is 11.8 Å². The summed E-state index contributed by atoms with van der Waals surface area (Å²) in [5.74, 6) is -3.38. The number of halogens is 3. The lowest BCUT2D eigenvalue weighted by atomic mass is 9.86. The minimum atomic E-state index is -1.83. The van der Waals surface area contributed by atoms with E-state index >= 15 is 4.39 Å².